The van der Waals surface area contributed by atoms with E-state index in [2.05, 4.69) is 0 Å². The topological polar surface area (TPSA) is 55.8 Å². The van der Waals surface area contributed by atoms with Gasteiger partial charge in [0.25, 0.3) is 0 Å². The van der Waals surface area contributed by atoms with Gasteiger partial charge < -0.3 is 13.9 Å². The first-order chi connectivity index (χ1) is 12.0. The van der Waals surface area contributed by atoms with Crippen molar-refractivity contribution in [2.24, 2.45) is 0 Å². The van der Waals surface area contributed by atoms with Crippen LogP contribution in [0, 0.1) is 0 Å². The van der Waals surface area contributed by atoms with Crippen molar-refractivity contribution in [3.63, 3.8) is 0 Å². The molecule has 0 N–H and O–H groups in total. The van der Waals surface area contributed by atoms with Gasteiger partial charge in [-0.1, -0.05) is 23.7 Å². The Morgan fingerprint density at radius 3 is 2.48 bits per heavy atom. The van der Waals surface area contributed by atoms with Crippen LogP contribution in [0.2, 0.25) is 5.02 Å². The SMILES string of the molecule is CCOP(=O)(OCC)C1CC[C@H]2CC[C@@H](c3cccc(Cl)c3)N2C1=O. The molecule has 0 radical (unpaired) electrons. The normalized spacial score (nSPS) is 26.8. The summed E-state index contributed by atoms with van der Waals surface area (Å²) in [7, 11) is -3.45. The van der Waals surface area contributed by atoms with Gasteiger partial charge in [-0.05, 0) is 57.2 Å². The van der Waals surface area contributed by atoms with Crippen molar-refractivity contribution in [1.82, 2.24) is 4.90 Å². The highest BCUT2D eigenvalue weighted by molar-refractivity contribution is 7.55. The molecule has 25 heavy (non-hydrogen) atoms. The first kappa shape index (κ1) is 18.9. The lowest BCUT2D eigenvalue weighted by atomic mass is 10.0. The highest BCUT2D eigenvalue weighted by Crippen LogP contribution is 2.58. The highest BCUT2D eigenvalue weighted by atomic mass is 35.5. The predicted octanol–water partition coefficient (Wildman–Crippen LogP) is 4.80. The third kappa shape index (κ3) is 3.66. The fourth-order valence-corrected chi connectivity index (χ4v) is 6.28. The summed E-state index contributed by atoms with van der Waals surface area (Å²) in [4.78, 5) is 15.1. The maximum Gasteiger partial charge on any atom is 0.343 e. The molecule has 138 valence electrons. The van der Waals surface area contributed by atoms with Gasteiger partial charge in [0.2, 0.25) is 5.91 Å². The second-order valence-corrected chi connectivity index (χ2v) is 9.17. The van der Waals surface area contributed by atoms with E-state index in [1.165, 1.54) is 0 Å². The Kier molecular flexibility index (Phi) is 5.89. The maximum absolute atomic E-state index is 13.2. The molecule has 7 heteroatoms. The molecule has 0 spiro atoms. The number of benzene rings is 1. The molecule has 1 aromatic carbocycles. The molecule has 1 amide bonds. The largest absolute Gasteiger partial charge is 0.343 e. The van der Waals surface area contributed by atoms with Gasteiger partial charge >= 0.3 is 7.60 Å². The maximum atomic E-state index is 13.2. The summed E-state index contributed by atoms with van der Waals surface area (Å²) in [5, 5.41) is 0.663. The Morgan fingerprint density at radius 1 is 1.16 bits per heavy atom. The van der Waals surface area contributed by atoms with Gasteiger partial charge in [0.1, 0.15) is 5.66 Å². The van der Waals surface area contributed by atoms with Crippen LogP contribution in [-0.2, 0) is 18.4 Å². The van der Waals surface area contributed by atoms with Crippen molar-refractivity contribution in [2.75, 3.05) is 13.2 Å². The van der Waals surface area contributed by atoms with Crippen LogP contribution in [0.1, 0.15) is 51.1 Å². The van der Waals surface area contributed by atoms with E-state index in [0.717, 1.165) is 24.8 Å². The molecule has 3 atom stereocenters. The second kappa shape index (κ2) is 7.79. The molecular weight excluding hydrogens is 361 g/mol. The molecule has 2 aliphatic heterocycles. The van der Waals surface area contributed by atoms with Crippen LogP contribution in [0.15, 0.2) is 24.3 Å². The van der Waals surface area contributed by atoms with Gasteiger partial charge in [0, 0.05) is 11.1 Å². The standard InChI is InChI=1S/C18H25ClNO4P/c1-3-23-25(22,24-4-2)17-11-9-15-8-10-16(20(15)18(17)21)13-6-5-7-14(19)12-13/h5-7,12,15-17H,3-4,8-11H2,1-2H3/t15-,16+,17?/m1/s1. The number of carbonyl (C=O) groups excluding carboxylic acids is 1. The zero-order valence-corrected chi connectivity index (χ0v) is 16.3. The molecule has 1 aromatic rings. The van der Waals surface area contributed by atoms with Crippen LogP contribution in [0.4, 0.5) is 0 Å². The molecule has 2 aliphatic rings. The number of piperidine rings is 1. The zero-order valence-electron chi connectivity index (χ0n) is 14.7. The average molecular weight is 386 g/mol. The first-order valence-electron chi connectivity index (χ1n) is 8.96. The minimum Gasteiger partial charge on any atom is -0.332 e. The van der Waals surface area contributed by atoms with Crippen molar-refractivity contribution in [3.8, 4) is 0 Å². The Morgan fingerprint density at radius 2 is 1.84 bits per heavy atom. The van der Waals surface area contributed by atoms with E-state index in [-0.39, 0.29) is 31.2 Å². The van der Waals surface area contributed by atoms with Gasteiger partial charge in [-0.25, -0.2) is 0 Å². The number of hydrogen-bond donors (Lipinski definition) is 0. The van der Waals surface area contributed by atoms with Crippen molar-refractivity contribution >= 4 is 25.1 Å². The quantitative estimate of drug-likeness (QED) is 0.660. The summed E-state index contributed by atoms with van der Waals surface area (Å²) in [5.41, 5.74) is 0.329. The summed E-state index contributed by atoms with van der Waals surface area (Å²) in [6, 6.07) is 7.83. The first-order valence-corrected chi connectivity index (χ1v) is 11.0. The monoisotopic (exact) mass is 385 g/mol. The third-order valence-electron chi connectivity index (χ3n) is 5.05. The molecule has 0 aromatic heterocycles. The van der Waals surface area contributed by atoms with Crippen molar-refractivity contribution in [3.05, 3.63) is 34.9 Å². The van der Waals surface area contributed by atoms with E-state index in [1.807, 2.05) is 29.2 Å². The van der Waals surface area contributed by atoms with Crippen molar-refractivity contribution < 1.29 is 18.4 Å². The number of fused-ring (bicyclic) bond motifs is 1. The number of hydrogen-bond acceptors (Lipinski definition) is 4. The van der Waals surface area contributed by atoms with Crippen LogP contribution in [0.3, 0.4) is 0 Å². The van der Waals surface area contributed by atoms with Gasteiger partial charge in [0.05, 0.1) is 19.3 Å². The molecule has 2 saturated heterocycles. The fraction of sp³-hybridized carbons (Fsp3) is 0.611. The molecule has 2 heterocycles. The smallest absolute Gasteiger partial charge is 0.332 e. The Bertz CT molecular complexity index is 673. The Labute approximate surface area is 154 Å². The van der Waals surface area contributed by atoms with Gasteiger partial charge in [0.15, 0.2) is 0 Å². The minimum absolute atomic E-state index is 0.0179. The number of carbonyl (C=O) groups is 1. The number of nitrogens with zero attached hydrogens (tertiary/aromatic N) is 1. The number of halogens is 1. The van der Waals surface area contributed by atoms with E-state index in [9.17, 15) is 9.36 Å². The summed E-state index contributed by atoms with van der Waals surface area (Å²) in [5.74, 6) is -0.107. The summed E-state index contributed by atoms with van der Waals surface area (Å²) in [6.07, 6.45) is 3.25. The molecule has 2 fully saturated rings. The predicted molar refractivity (Wildman–Crippen MR) is 97.9 cm³/mol. The fourth-order valence-electron chi connectivity index (χ4n) is 4.06. The van der Waals surface area contributed by atoms with Crippen LogP contribution in [-0.4, -0.2) is 35.7 Å². The summed E-state index contributed by atoms with van der Waals surface area (Å²) < 4.78 is 24.1. The average Bonchev–Trinajstić information content (AvgIpc) is 3.00. The van der Waals surface area contributed by atoms with Crippen molar-refractivity contribution in [2.45, 2.75) is 57.3 Å². The molecule has 0 aliphatic carbocycles. The lowest BCUT2D eigenvalue weighted by molar-refractivity contribution is -0.137. The lowest BCUT2D eigenvalue weighted by Gasteiger charge is -2.40. The third-order valence-corrected chi connectivity index (χ3v) is 7.76. The molecule has 3 rings (SSSR count). The minimum atomic E-state index is -3.45. The Hall–Kier alpha value is -0.870. The molecule has 5 nitrogen and oxygen atoms in total. The zero-order chi connectivity index (χ0) is 18.0. The van der Waals surface area contributed by atoms with Crippen LogP contribution in [0.25, 0.3) is 0 Å². The van der Waals surface area contributed by atoms with Crippen LogP contribution in [0.5, 0.6) is 0 Å². The summed E-state index contributed by atoms with van der Waals surface area (Å²) >= 11 is 6.13. The van der Waals surface area contributed by atoms with Crippen LogP contribution < -0.4 is 0 Å². The molecule has 0 bridgehead atoms. The molecule has 0 saturated carbocycles. The highest BCUT2D eigenvalue weighted by Gasteiger charge is 2.51. The molecule has 1 unspecified atom stereocenters. The van der Waals surface area contributed by atoms with E-state index in [0.29, 0.717) is 11.4 Å². The van der Waals surface area contributed by atoms with Gasteiger partial charge in [-0.2, -0.15) is 0 Å². The molecular formula is C18H25ClNO4P. The van der Waals surface area contributed by atoms with Gasteiger partial charge in [-0.15, -0.1) is 0 Å². The van der Waals surface area contributed by atoms with Crippen LogP contribution >= 0.6 is 19.2 Å². The van der Waals surface area contributed by atoms with E-state index in [1.54, 1.807) is 13.8 Å². The lowest BCUT2D eigenvalue weighted by Crippen LogP contribution is -2.48. The van der Waals surface area contributed by atoms with Gasteiger partial charge in [-0.3, -0.25) is 9.36 Å². The number of amides is 1. The van der Waals surface area contributed by atoms with E-state index >= 15 is 0 Å². The number of rotatable bonds is 6. The van der Waals surface area contributed by atoms with Crippen molar-refractivity contribution in [1.29, 1.82) is 0 Å². The Balaban J connectivity index is 1.88. The van der Waals surface area contributed by atoms with E-state index < -0.39 is 13.3 Å². The summed E-state index contributed by atoms with van der Waals surface area (Å²) in [6.45, 7) is 4.07. The second-order valence-electron chi connectivity index (χ2n) is 6.52. The van der Waals surface area contributed by atoms with E-state index in [4.69, 9.17) is 20.6 Å².